The Labute approximate surface area is 117 Å². The standard InChI is InChI=1S/C13H17N3O4/c1-3-6-15-10(8-14)9-20-12-5-4-11(16(17)18)7-13(12)19-2/h4-5,7,10,15H,3,6,9H2,1-2H3. The van der Waals surface area contributed by atoms with Gasteiger partial charge < -0.3 is 9.47 Å². The van der Waals surface area contributed by atoms with Gasteiger partial charge in [0.25, 0.3) is 5.69 Å². The van der Waals surface area contributed by atoms with Gasteiger partial charge in [-0.1, -0.05) is 6.92 Å². The van der Waals surface area contributed by atoms with Crippen LogP contribution < -0.4 is 14.8 Å². The number of methoxy groups -OCH3 is 1. The van der Waals surface area contributed by atoms with Gasteiger partial charge in [-0.3, -0.25) is 15.4 Å². The van der Waals surface area contributed by atoms with E-state index in [0.717, 1.165) is 13.0 Å². The molecule has 1 N–H and O–H groups in total. The second-order valence-electron chi connectivity index (χ2n) is 4.04. The van der Waals surface area contributed by atoms with Crippen LogP contribution in [0.25, 0.3) is 0 Å². The van der Waals surface area contributed by atoms with Crippen LogP contribution in [-0.2, 0) is 0 Å². The number of nitro benzene ring substituents is 1. The molecule has 108 valence electrons. The van der Waals surface area contributed by atoms with Gasteiger partial charge in [0.1, 0.15) is 12.6 Å². The van der Waals surface area contributed by atoms with E-state index in [1.54, 1.807) is 0 Å². The molecular weight excluding hydrogens is 262 g/mol. The van der Waals surface area contributed by atoms with Crippen LogP contribution in [0.5, 0.6) is 11.5 Å². The first-order chi connectivity index (χ1) is 9.62. The van der Waals surface area contributed by atoms with E-state index in [-0.39, 0.29) is 18.0 Å². The van der Waals surface area contributed by atoms with Gasteiger partial charge in [0, 0.05) is 6.07 Å². The first kappa shape index (κ1) is 15.7. The van der Waals surface area contributed by atoms with E-state index in [1.165, 1.54) is 25.3 Å². The van der Waals surface area contributed by atoms with E-state index in [0.29, 0.717) is 5.75 Å². The predicted octanol–water partition coefficient (Wildman–Crippen LogP) is 1.87. The normalized spacial score (nSPS) is 11.4. The summed E-state index contributed by atoms with van der Waals surface area (Å²) in [6.07, 6.45) is 0.916. The molecule has 0 fully saturated rings. The molecule has 20 heavy (non-hydrogen) atoms. The largest absolute Gasteiger partial charge is 0.493 e. The van der Waals surface area contributed by atoms with Crippen molar-refractivity contribution in [2.24, 2.45) is 0 Å². The zero-order valence-corrected chi connectivity index (χ0v) is 11.5. The fraction of sp³-hybridized carbons (Fsp3) is 0.462. The molecule has 0 saturated carbocycles. The van der Waals surface area contributed by atoms with Crippen molar-refractivity contribution in [3.8, 4) is 17.6 Å². The highest BCUT2D eigenvalue weighted by Gasteiger charge is 2.14. The summed E-state index contributed by atoms with van der Waals surface area (Å²) in [7, 11) is 1.41. The highest BCUT2D eigenvalue weighted by molar-refractivity contribution is 5.48. The van der Waals surface area contributed by atoms with E-state index in [4.69, 9.17) is 14.7 Å². The van der Waals surface area contributed by atoms with Crippen LogP contribution in [0.15, 0.2) is 18.2 Å². The minimum atomic E-state index is -0.507. The Hall–Kier alpha value is -2.33. The minimum Gasteiger partial charge on any atom is -0.493 e. The van der Waals surface area contributed by atoms with E-state index < -0.39 is 11.0 Å². The van der Waals surface area contributed by atoms with Crippen LogP contribution in [0.1, 0.15) is 13.3 Å². The van der Waals surface area contributed by atoms with Gasteiger partial charge in [0.05, 0.1) is 24.2 Å². The van der Waals surface area contributed by atoms with Gasteiger partial charge in [-0.2, -0.15) is 5.26 Å². The molecule has 0 aliphatic heterocycles. The molecular formula is C13H17N3O4. The van der Waals surface area contributed by atoms with Crippen LogP contribution in [0, 0.1) is 21.4 Å². The third kappa shape index (κ3) is 4.40. The lowest BCUT2D eigenvalue weighted by Gasteiger charge is -2.14. The molecule has 0 heterocycles. The number of rotatable bonds is 8. The van der Waals surface area contributed by atoms with Crippen molar-refractivity contribution in [2.45, 2.75) is 19.4 Å². The van der Waals surface area contributed by atoms with Crippen LogP contribution in [0.4, 0.5) is 5.69 Å². The molecule has 7 nitrogen and oxygen atoms in total. The van der Waals surface area contributed by atoms with E-state index in [1.807, 2.05) is 6.92 Å². The smallest absolute Gasteiger partial charge is 0.273 e. The molecule has 0 amide bonds. The highest BCUT2D eigenvalue weighted by Crippen LogP contribution is 2.31. The lowest BCUT2D eigenvalue weighted by molar-refractivity contribution is -0.384. The van der Waals surface area contributed by atoms with Crippen molar-refractivity contribution >= 4 is 5.69 Å². The molecule has 0 aromatic heterocycles. The van der Waals surface area contributed by atoms with Gasteiger partial charge in [-0.25, -0.2) is 0 Å². The summed E-state index contributed by atoms with van der Waals surface area (Å²) in [6.45, 7) is 2.87. The first-order valence-corrected chi connectivity index (χ1v) is 6.20. The van der Waals surface area contributed by atoms with Crippen molar-refractivity contribution in [1.82, 2.24) is 5.32 Å². The maximum absolute atomic E-state index is 10.7. The summed E-state index contributed by atoms with van der Waals surface area (Å²) in [4.78, 5) is 10.2. The van der Waals surface area contributed by atoms with E-state index >= 15 is 0 Å². The van der Waals surface area contributed by atoms with Gasteiger partial charge in [-0.15, -0.1) is 0 Å². The molecule has 0 spiro atoms. The van der Waals surface area contributed by atoms with Crippen molar-refractivity contribution in [3.05, 3.63) is 28.3 Å². The molecule has 1 aromatic rings. The predicted molar refractivity (Wildman–Crippen MR) is 72.8 cm³/mol. The Bertz CT molecular complexity index is 499. The Balaban J connectivity index is 2.72. The van der Waals surface area contributed by atoms with Gasteiger partial charge in [0.2, 0.25) is 0 Å². The van der Waals surface area contributed by atoms with E-state index in [9.17, 15) is 10.1 Å². The van der Waals surface area contributed by atoms with Gasteiger partial charge in [-0.05, 0) is 19.0 Å². The fourth-order valence-electron chi connectivity index (χ4n) is 1.52. The molecule has 1 unspecified atom stereocenters. The van der Waals surface area contributed by atoms with Crippen molar-refractivity contribution in [1.29, 1.82) is 5.26 Å². The summed E-state index contributed by atoms with van der Waals surface area (Å²) in [5.41, 5.74) is -0.0739. The maximum Gasteiger partial charge on any atom is 0.273 e. The Morgan fingerprint density at radius 2 is 2.25 bits per heavy atom. The number of benzene rings is 1. The molecule has 0 radical (unpaired) electrons. The number of non-ortho nitro benzene ring substituents is 1. The first-order valence-electron chi connectivity index (χ1n) is 6.20. The lowest BCUT2D eigenvalue weighted by atomic mass is 10.2. The average Bonchev–Trinajstić information content (AvgIpc) is 2.47. The lowest BCUT2D eigenvalue weighted by Crippen LogP contribution is -2.33. The fourth-order valence-corrected chi connectivity index (χ4v) is 1.52. The number of nitro groups is 1. The Morgan fingerprint density at radius 1 is 1.50 bits per heavy atom. The number of hydrogen-bond acceptors (Lipinski definition) is 6. The Morgan fingerprint density at radius 3 is 2.80 bits per heavy atom. The Kier molecular flexibility index (Phi) is 6.26. The highest BCUT2D eigenvalue weighted by atomic mass is 16.6. The van der Waals surface area contributed by atoms with Crippen LogP contribution in [-0.4, -0.2) is 31.2 Å². The molecule has 1 rings (SSSR count). The number of nitrogens with one attached hydrogen (secondary N) is 1. The van der Waals surface area contributed by atoms with Gasteiger partial charge >= 0.3 is 0 Å². The quantitative estimate of drug-likeness (QED) is 0.576. The second kappa shape index (κ2) is 7.96. The van der Waals surface area contributed by atoms with Crippen LogP contribution >= 0.6 is 0 Å². The van der Waals surface area contributed by atoms with E-state index in [2.05, 4.69) is 11.4 Å². The number of ether oxygens (including phenoxy) is 2. The third-order valence-electron chi connectivity index (χ3n) is 2.56. The summed E-state index contributed by atoms with van der Waals surface area (Å²) >= 11 is 0. The summed E-state index contributed by atoms with van der Waals surface area (Å²) in [6, 6.07) is 5.74. The van der Waals surface area contributed by atoms with Gasteiger partial charge in [0.15, 0.2) is 11.5 Å². The number of hydrogen-bond donors (Lipinski definition) is 1. The van der Waals surface area contributed by atoms with Crippen molar-refractivity contribution < 1.29 is 14.4 Å². The molecule has 0 bridgehead atoms. The summed E-state index contributed by atoms with van der Waals surface area (Å²) in [5, 5.41) is 22.6. The molecule has 0 aliphatic carbocycles. The van der Waals surface area contributed by atoms with Crippen LogP contribution in [0.2, 0.25) is 0 Å². The zero-order chi connectivity index (χ0) is 15.0. The summed E-state index contributed by atoms with van der Waals surface area (Å²) in [5.74, 6) is 0.642. The average molecular weight is 279 g/mol. The van der Waals surface area contributed by atoms with Crippen molar-refractivity contribution in [2.75, 3.05) is 20.3 Å². The second-order valence-corrected chi connectivity index (χ2v) is 4.04. The maximum atomic E-state index is 10.7. The van der Waals surface area contributed by atoms with Crippen molar-refractivity contribution in [3.63, 3.8) is 0 Å². The zero-order valence-electron chi connectivity index (χ0n) is 11.5. The molecule has 1 aromatic carbocycles. The SMILES string of the molecule is CCCNC(C#N)COc1ccc([N+](=O)[O-])cc1OC. The monoisotopic (exact) mass is 279 g/mol. The molecule has 1 atom stereocenters. The minimum absolute atomic E-state index is 0.0739. The van der Waals surface area contributed by atoms with Crippen LogP contribution in [0.3, 0.4) is 0 Å². The molecule has 0 aliphatic rings. The summed E-state index contributed by atoms with van der Waals surface area (Å²) < 4.78 is 10.5. The molecule has 0 saturated heterocycles. The third-order valence-corrected chi connectivity index (χ3v) is 2.56. The topological polar surface area (TPSA) is 97.4 Å². The number of nitrogens with zero attached hydrogens (tertiary/aromatic N) is 2. The number of nitriles is 1. The molecule has 7 heteroatoms.